The van der Waals surface area contributed by atoms with E-state index in [9.17, 15) is 4.79 Å². The summed E-state index contributed by atoms with van der Waals surface area (Å²) in [5.41, 5.74) is 0. The van der Waals surface area contributed by atoms with Crippen molar-refractivity contribution in [2.45, 2.75) is 39.8 Å². The minimum atomic E-state index is -0.0656. The molecular formula is C13H22N4O2. The van der Waals surface area contributed by atoms with E-state index in [1.165, 1.54) is 0 Å². The van der Waals surface area contributed by atoms with Crippen molar-refractivity contribution in [3.05, 3.63) is 12.2 Å². The van der Waals surface area contributed by atoms with Crippen molar-refractivity contribution in [1.82, 2.24) is 19.7 Å². The number of ether oxygens (including phenoxy) is 1. The molecule has 19 heavy (non-hydrogen) atoms. The van der Waals surface area contributed by atoms with Crippen LogP contribution < -0.4 is 0 Å². The van der Waals surface area contributed by atoms with E-state index in [0.717, 1.165) is 44.8 Å². The number of carbonyl (C=O) groups is 1. The van der Waals surface area contributed by atoms with E-state index in [1.54, 1.807) is 6.33 Å². The van der Waals surface area contributed by atoms with Gasteiger partial charge in [0.05, 0.1) is 19.1 Å². The molecule has 106 valence electrons. The summed E-state index contributed by atoms with van der Waals surface area (Å²) in [6.45, 7) is 7.70. The molecule has 1 fully saturated rings. The summed E-state index contributed by atoms with van der Waals surface area (Å²) >= 11 is 0. The van der Waals surface area contributed by atoms with Crippen LogP contribution >= 0.6 is 0 Å². The van der Waals surface area contributed by atoms with Gasteiger partial charge in [-0.2, -0.15) is 5.10 Å². The lowest BCUT2D eigenvalue weighted by Gasteiger charge is -2.31. The second-order valence-electron chi connectivity index (χ2n) is 4.82. The summed E-state index contributed by atoms with van der Waals surface area (Å²) in [4.78, 5) is 18.3. The topological polar surface area (TPSA) is 60.2 Å². The van der Waals surface area contributed by atoms with Crippen molar-refractivity contribution < 1.29 is 9.53 Å². The third-order valence-corrected chi connectivity index (χ3v) is 3.49. The van der Waals surface area contributed by atoms with Gasteiger partial charge < -0.3 is 4.74 Å². The van der Waals surface area contributed by atoms with Crippen LogP contribution in [0.1, 0.15) is 32.5 Å². The van der Waals surface area contributed by atoms with Gasteiger partial charge in [-0.3, -0.25) is 9.69 Å². The second kappa shape index (κ2) is 6.65. The first-order valence-corrected chi connectivity index (χ1v) is 7.00. The molecule has 1 aromatic heterocycles. The lowest BCUT2D eigenvalue weighted by atomic mass is 9.98. The number of aryl methyl sites for hydroxylation is 1. The Morgan fingerprint density at radius 2 is 2.37 bits per heavy atom. The van der Waals surface area contributed by atoms with Crippen LogP contribution in [0.2, 0.25) is 0 Å². The largest absolute Gasteiger partial charge is 0.466 e. The van der Waals surface area contributed by atoms with Gasteiger partial charge in [0, 0.05) is 13.1 Å². The van der Waals surface area contributed by atoms with Crippen LogP contribution in [0.5, 0.6) is 0 Å². The van der Waals surface area contributed by atoms with E-state index < -0.39 is 0 Å². The summed E-state index contributed by atoms with van der Waals surface area (Å²) in [7, 11) is 0. The molecule has 0 N–H and O–H groups in total. The van der Waals surface area contributed by atoms with E-state index >= 15 is 0 Å². The third kappa shape index (κ3) is 3.53. The molecule has 0 amide bonds. The van der Waals surface area contributed by atoms with Crippen molar-refractivity contribution in [3.63, 3.8) is 0 Å². The number of esters is 1. The number of rotatable bonds is 5. The minimum Gasteiger partial charge on any atom is -0.466 e. The molecule has 2 heterocycles. The van der Waals surface area contributed by atoms with Crippen LogP contribution in [0, 0.1) is 5.92 Å². The Hall–Kier alpha value is -1.43. The zero-order valence-electron chi connectivity index (χ0n) is 11.7. The van der Waals surface area contributed by atoms with Crippen LogP contribution in [0.25, 0.3) is 0 Å². The maximum absolute atomic E-state index is 11.8. The Kier molecular flexibility index (Phi) is 4.90. The normalized spacial score (nSPS) is 20.4. The highest BCUT2D eigenvalue weighted by atomic mass is 16.5. The molecule has 1 aromatic rings. The van der Waals surface area contributed by atoms with Crippen LogP contribution in [0.4, 0.5) is 0 Å². The predicted octanol–water partition coefficient (Wildman–Crippen LogP) is 1.07. The molecule has 1 aliphatic rings. The quantitative estimate of drug-likeness (QED) is 0.746. The van der Waals surface area contributed by atoms with E-state index in [-0.39, 0.29) is 11.9 Å². The molecule has 0 saturated carbocycles. The van der Waals surface area contributed by atoms with Gasteiger partial charge in [0.2, 0.25) is 0 Å². The van der Waals surface area contributed by atoms with Gasteiger partial charge in [0.1, 0.15) is 12.2 Å². The molecule has 6 heteroatoms. The fourth-order valence-electron chi connectivity index (χ4n) is 2.53. The first kappa shape index (κ1) is 14.0. The van der Waals surface area contributed by atoms with Crippen molar-refractivity contribution in [2.75, 3.05) is 19.7 Å². The summed E-state index contributed by atoms with van der Waals surface area (Å²) in [6, 6.07) is 0. The standard InChI is InChI=1S/C13H22N4O2/c1-3-17-12(14-10-15-17)9-16-7-5-6-11(8-16)13(18)19-4-2/h10-11H,3-9H2,1-2H3/t11-/m1/s1. The molecule has 6 nitrogen and oxygen atoms in total. The van der Waals surface area contributed by atoms with Crippen molar-refractivity contribution in [1.29, 1.82) is 0 Å². The predicted molar refractivity (Wildman–Crippen MR) is 70.3 cm³/mol. The van der Waals surface area contributed by atoms with Crippen LogP contribution in [0.3, 0.4) is 0 Å². The average molecular weight is 266 g/mol. The summed E-state index contributed by atoms with van der Waals surface area (Å²) < 4.78 is 7.01. The minimum absolute atomic E-state index is 0.00620. The first-order chi connectivity index (χ1) is 9.24. The van der Waals surface area contributed by atoms with Crippen LogP contribution in [0.15, 0.2) is 6.33 Å². The van der Waals surface area contributed by atoms with E-state index in [0.29, 0.717) is 6.61 Å². The summed E-state index contributed by atoms with van der Waals surface area (Å²) in [5.74, 6) is 0.905. The SMILES string of the molecule is CCOC(=O)[C@@H]1CCCN(Cc2ncnn2CC)C1. The van der Waals surface area contributed by atoms with Crippen molar-refractivity contribution in [2.24, 2.45) is 5.92 Å². The van der Waals surface area contributed by atoms with Crippen LogP contribution in [-0.4, -0.2) is 45.3 Å². The van der Waals surface area contributed by atoms with Crippen molar-refractivity contribution >= 4 is 5.97 Å². The molecule has 1 atom stereocenters. The lowest BCUT2D eigenvalue weighted by Crippen LogP contribution is -2.39. The Bertz CT molecular complexity index is 419. The van der Waals surface area contributed by atoms with Gasteiger partial charge in [0.15, 0.2) is 0 Å². The highest BCUT2D eigenvalue weighted by Gasteiger charge is 2.27. The maximum atomic E-state index is 11.8. The van der Waals surface area contributed by atoms with E-state index in [1.807, 2.05) is 11.6 Å². The molecule has 0 aromatic carbocycles. The van der Waals surface area contributed by atoms with Gasteiger partial charge >= 0.3 is 5.97 Å². The monoisotopic (exact) mass is 266 g/mol. The van der Waals surface area contributed by atoms with Gasteiger partial charge in [-0.05, 0) is 33.2 Å². The Morgan fingerprint density at radius 3 is 3.11 bits per heavy atom. The van der Waals surface area contributed by atoms with E-state index in [2.05, 4.69) is 21.9 Å². The van der Waals surface area contributed by atoms with Gasteiger partial charge in [-0.25, -0.2) is 9.67 Å². The second-order valence-corrected chi connectivity index (χ2v) is 4.82. The van der Waals surface area contributed by atoms with Crippen LogP contribution in [-0.2, 0) is 22.6 Å². The Morgan fingerprint density at radius 1 is 1.53 bits per heavy atom. The highest BCUT2D eigenvalue weighted by molar-refractivity contribution is 5.72. The fraction of sp³-hybridized carbons (Fsp3) is 0.769. The number of aromatic nitrogens is 3. The molecule has 2 rings (SSSR count). The Balaban J connectivity index is 1.92. The zero-order chi connectivity index (χ0) is 13.7. The third-order valence-electron chi connectivity index (χ3n) is 3.49. The number of nitrogens with zero attached hydrogens (tertiary/aromatic N) is 4. The average Bonchev–Trinajstić information content (AvgIpc) is 2.86. The fourth-order valence-corrected chi connectivity index (χ4v) is 2.53. The van der Waals surface area contributed by atoms with E-state index in [4.69, 9.17) is 4.74 Å². The number of hydrogen-bond acceptors (Lipinski definition) is 5. The number of piperidine rings is 1. The zero-order valence-corrected chi connectivity index (χ0v) is 11.7. The van der Waals surface area contributed by atoms with Crippen molar-refractivity contribution in [3.8, 4) is 0 Å². The van der Waals surface area contributed by atoms with Gasteiger partial charge in [0.25, 0.3) is 0 Å². The van der Waals surface area contributed by atoms with Gasteiger partial charge in [-0.1, -0.05) is 0 Å². The highest BCUT2D eigenvalue weighted by Crippen LogP contribution is 2.19. The number of carbonyl (C=O) groups excluding carboxylic acids is 1. The smallest absolute Gasteiger partial charge is 0.310 e. The van der Waals surface area contributed by atoms with Gasteiger partial charge in [-0.15, -0.1) is 0 Å². The summed E-state index contributed by atoms with van der Waals surface area (Å²) in [6.07, 6.45) is 3.55. The molecule has 1 saturated heterocycles. The molecular weight excluding hydrogens is 244 g/mol. The number of hydrogen-bond donors (Lipinski definition) is 0. The summed E-state index contributed by atoms with van der Waals surface area (Å²) in [5, 5.41) is 4.17. The lowest BCUT2D eigenvalue weighted by molar-refractivity contribution is -0.150. The molecule has 0 bridgehead atoms. The molecule has 0 unspecified atom stereocenters. The Labute approximate surface area is 113 Å². The first-order valence-electron chi connectivity index (χ1n) is 7.00. The molecule has 0 spiro atoms. The maximum Gasteiger partial charge on any atom is 0.310 e. The molecule has 0 aliphatic carbocycles. The number of likely N-dealkylation sites (tertiary alicyclic amines) is 1. The molecule has 0 radical (unpaired) electrons. The molecule has 1 aliphatic heterocycles.